The Balaban J connectivity index is 2.29. The van der Waals surface area contributed by atoms with Crippen LogP contribution in [0.4, 0.5) is 0 Å². The lowest BCUT2D eigenvalue weighted by molar-refractivity contribution is -0.175. The van der Waals surface area contributed by atoms with Crippen molar-refractivity contribution < 1.29 is 4.74 Å². The highest BCUT2D eigenvalue weighted by atomic mass is 16.5. The van der Waals surface area contributed by atoms with Crippen molar-refractivity contribution in [3.8, 4) is 0 Å². The molecule has 1 aliphatic heterocycles. The molecule has 0 spiro atoms. The molecule has 1 saturated heterocycles. The predicted molar refractivity (Wildman–Crippen MR) is 29.2 cm³/mol. The molecular weight excluding hydrogens is 88.1 g/mol. The van der Waals surface area contributed by atoms with Gasteiger partial charge in [0.05, 0.1) is 11.7 Å². The van der Waals surface area contributed by atoms with E-state index in [1.165, 1.54) is 6.42 Å². The van der Waals surface area contributed by atoms with Crippen LogP contribution >= 0.6 is 0 Å². The highest BCUT2D eigenvalue weighted by Gasteiger charge is 2.33. The van der Waals surface area contributed by atoms with Crippen LogP contribution in [0, 0.1) is 0 Å². The molecule has 1 nitrogen and oxygen atoms in total. The van der Waals surface area contributed by atoms with Crippen LogP contribution in [0.1, 0.15) is 27.2 Å². The fraction of sp³-hybridized carbons (Fsp3) is 1.00. The lowest BCUT2D eigenvalue weighted by atomic mass is 9.95. The average Bonchev–Trinajstić information content (AvgIpc) is 1.27. The van der Waals surface area contributed by atoms with E-state index in [-0.39, 0.29) is 5.60 Å². The predicted octanol–water partition coefficient (Wildman–Crippen LogP) is 1.57. The summed E-state index contributed by atoms with van der Waals surface area (Å²) in [5.41, 5.74) is 0.194. The molecule has 1 atom stereocenters. The van der Waals surface area contributed by atoms with E-state index in [1.54, 1.807) is 0 Å². The first kappa shape index (κ1) is 5.10. The Hall–Kier alpha value is -0.0400. The van der Waals surface area contributed by atoms with Crippen molar-refractivity contribution in [3.05, 3.63) is 0 Å². The zero-order chi connectivity index (χ0) is 5.49. The molecular formula is C6H12O. The van der Waals surface area contributed by atoms with Gasteiger partial charge in [0.2, 0.25) is 0 Å². The average molecular weight is 100 g/mol. The SMILES string of the molecule is C[C@@H]1CC(C)(C)O1. The zero-order valence-corrected chi connectivity index (χ0v) is 5.19. The minimum absolute atomic E-state index is 0.194. The van der Waals surface area contributed by atoms with Gasteiger partial charge in [0.25, 0.3) is 0 Å². The highest BCUT2D eigenvalue weighted by molar-refractivity contribution is 4.82. The van der Waals surface area contributed by atoms with E-state index in [1.807, 2.05) is 0 Å². The molecule has 7 heavy (non-hydrogen) atoms. The number of hydrogen-bond acceptors (Lipinski definition) is 1. The van der Waals surface area contributed by atoms with Crippen molar-refractivity contribution >= 4 is 0 Å². The minimum Gasteiger partial charge on any atom is -0.372 e. The topological polar surface area (TPSA) is 9.23 Å². The second-order valence-electron chi connectivity index (χ2n) is 2.89. The monoisotopic (exact) mass is 100 g/mol. The number of rotatable bonds is 0. The van der Waals surface area contributed by atoms with Gasteiger partial charge in [-0.05, 0) is 20.8 Å². The smallest absolute Gasteiger partial charge is 0.0654 e. The second-order valence-corrected chi connectivity index (χ2v) is 2.89. The van der Waals surface area contributed by atoms with E-state index in [9.17, 15) is 0 Å². The largest absolute Gasteiger partial charge is 0.372 e. The first-order valence-electron chi connectivity index (χ1n) is 2.78. The molecule has 0 aliphatic carbocycles. The fourth-order valence-electron chi connectivity index (χ4n) is 1.23. The van der Waals surface area contributed by atoms with Crippen LogP contribution < -0.4 is 0 Å². The van der Waals surface area contributed by atoms with Crippen molar-refractivity contribution in [2.75, 3.05) is 0 Å². The molecule has 0 unspecified atom stereocenters. The standard InChI is InChI=1S/C6H12O/c1-5-4-6(2,3)7-5/h5H,4H2,1-3H3/t5-/m1/s1. The Labute approximate surface area is 44.7 Å². The molecule has 0 radical (unpaired) electrons. The molecule has 1 aliphatic rings. The molecule has 0 bridgehead atoms. The van der Waals surface area contributed by atoms with E-state index >= 15 is 0 Å². The van der Waals surface area contributed by atoms with Gasteiger partial charge >= 0.3 is 0 Å². The molecule has 0 N–H and O–H groups in total. The van der Waals surface area contributed by atoms with E-state index in [0.29, 0.717) is 6.10 Å². The van der Waals surface area contributed by atoms with Gasteiger partial charge in [0.1, 0.15) is 0 Å². The summed E-state index contributed by atoms with van der Waals surface area (Å²) in [5, 5.41) is 0. The molecule has 0 amide bonds. The van der Waals surface area contributed by atoms with Crippen LogP contribution in [0.25, 0.3) is 0 Å². The van der Waals surface area contributed by atoms with E-state index < -0.39 is 0 Å². The zero-order valence-electron chi connectivity index (χ0n) is 5.19. The summed E-state index contributed by atoms with van der Waals surface area (Å²) in [6.45, 7) is 6.34. The molecule has 1 rings (SSSR count). The van der Waals surface area contributed by atoms with Crippen molar-refractivity contribution in [1.29, 1.82) is 0 Å². The summed E-state index contributed by atoms with van der Waals surface area (Å²) in [6, 6.07) is 0. The maximum atomic E-state index is 5.33. The number of hydrogen-bond donors (Lipinski definition) is 0. The van der Waals surface area contributed by atoms with Gasteiger partial charge in [-0.15, -0.1) is 0 Å². The van der Waals surface area contributed by atoms with Crippen molar-refractivity contribution in [2.45, 2.75) is 38.9 Å². The lowest BCUT2D eigenvalue weighted by Gasteiger charge is -2.41. The summed E-state index contributed by atoms with van der Waals surface area (Å²) in [6.07, 6.45) is 1.72. The van der Waals surface area contributed by atoms with Gasteiger partial charge < -0.3 is 4.74 Å². The van der Waals surface area contributed by atoms with Crippen molar-refractivity contribution in [3.63, 3.8) is 0 Å². The van der Waals surface area contributed by atoms with Gasteiger partial charge in [-0.3, -0.25) is 0 Å². The molecule has 0 aromatic rings. The molecule has 1 fully saturated rings. The Kier molecular flexibility index (Phi) is 0.890. The molecule has 42 valence electrons. The maximum Gasteiger partial charge on any atom is 0.0654 e. The lowest BCUT2D eigenvalue weighted by Crippen LogP contribution is -2.43. The molecule has 1 heterocycles. The summed E-state index contributed by atoms with van der Waals surface area (Å²) in [5.74, 6) is 0. The van der Waals surface area contributed by atoms with Crippen LogP contribution in [0.2, 0.25) is 0 Å². The van der Waals surface area contributed by atoms with Crippen LogP contribution in [-0.4, -0.2) is 11.7 Å². The third-order valence-corrected chi connectivity index (χ3v) is 1.30. The Morgan fingerprint density at radius 1 is 1.57 bits per heavy atom. The molecule has 0 aromatic heterocycles. The van der Waals surface area contributed by atoms with Gasteiger partial charge in [0.15, 0.2) is 0 Å². The van der Waals surface area contributed by atoms with E-state index in [4.69, 9.17) is 4.74 Å². The molecule has 0 aromatic carbocycles. The Morgan fingerprint density at radius 2 is 2.00 bits per heavy atom. The van der Waals surface area contributed by atoms with Crippen molar-refractivity contribution in [2.24, 2.45) is 0 Å². The Bertz CT molecular complexity index is 68.2. The summed E-state index contributed by atoms with van der Waals surface area (Å²) >= 11 is 0. The van der Waals surface area contributed by atoms with Crippen LogP contribution in [0.5, 0.6) is 0 Å². The van der Waals surface area contributed by atoms with Crippen LogP contribution in [-0.2, 0) is 4.74 Å². The van der Waals surface area contributed by atoms with E-state index in [0.717, 1.165) is 0 Å². The van der Waals surface area contributed by atoms with Crippen molar-refractivity contribution in [1.82, 2.24) is 0 Å². The van der Waals surface area contributed by atoms with Crippen LogP contribution in [0.15, 0.2) is 0 Å². The summed E-state index contributed by atoms with van der Waals surface area (Å²) in [7, 11) is 0. The van der Waals surface area contributed by atoms with E-state index in [2.05, 4.69) is 20.8 Å². The third kappa shape index (κ3) is 0.942. The maximum absolute atomic E-state index is 5.33. The quantitative estimate of drug-likeness (QED) is 0.449. The highest BCUT2D eigenvalue weighted by Crippen LogP contribution is 2.30. The first-order chi connectivity index (χ1) is 3.10. The normalized spacial score (nSPS) is 37.3. The first-order valence-corrected chi connectivity index (χ1v) is 2.78. The fourth-order valence-corrected chi connectivity index (χ4v) is 1.23. The van der Waals surface area contributed by atoms with Gasteiger partial charge in [-0.1, -0.05) is 0 Å². The van der Waals surface area contributed by atoms with Crippen LogP contribution in [0.3, 0.4) is 0 Å². The minimum atomic E-state index is 0.194. The second kappa shape index (κ2) is 1.22. The van der Waals surface area contributed by atoms with Gasteiger partial charge in [-0.2, -0.15) is 0 Å². The van der Waals surface area contributed by atoms with Gasteiger partial charge in [-0.25, -0.2) is 0 Å². The summed E-state index contributed by atoms with van der Waals surface area (Å²) < 4.78 is 5.33. The molecule has 1 heteroatoms. The summed E-state index contributed by atoms with van der Waals surface area (Å²) in [4.78, 5) is 0. The molecule has 0 saturated carbocycles. The third-order valence-electron chi connectivity index (χ3n) is 1.30. The Morgan fingerprint density at radius 3 is 2.00 bits per heavy atom. The number of ether oxygens (including phenoxy) is 1. The van der Waals surface area contributed by atoms with Gasteiger partial charge in [0, 0.05) is 6.42 Å².